The maximum atomic E-state index is 12.0. The molecular formula is C16H15N2O4S-. The Hall–Kier alpha value is -2.67. The van der Waals surface area contributed by atoms with Crippen molar-refractivity contribution in [1.29, 1.82) is 0 Å². The number of sulfonamides is 1. The van der Waals surface area contributed by atoms with Gasteiger partial charge in [0.1, 0.15) is 0 Å². The molecule has 0 aliphatic carbocycles. The number of nitrogens with zero attached hydrogens (tertiary/aromatic N) is 2. The molecule has 0 spiro atoms. The molecule has 0 fully saturated rings. The fraction of sp³-hybridized carbons (Fsp3) is 0.125. The SMILES string of the molecule is COC([O-])=c1ccc(=CN=NS(=O)(=O)c2ccc(C)cc2)cc1. The number of ether oxygens (including phenoxy) is 1. The molecule has 23 heavy (non-hydrogen) atoms. The number of hydrogen-bond acceptors (Lipinski definition) is 5. The van der Waals surface area contributed by atoms with Crippen molar-refractivity contribution in [3.63, 3.8) is 0 Å². The molecule has 0 amide bonds. The summed E-state index contributed by atoms with van der Waals surface area (Å²) in [6.45, 7) is 1.86. The van der Waals surface area contributed by atoms with Crippen LogP contribution in [-0.4, -0.2) is 15.5 Å². The lowest BCUT2D eigenvalue weighted by molar-refractivity contribution is -0.288. The number of rotatable bonds is 4. The number of benzene rings is 2. The molecule has 0 atom stereocenters. The van der Waals surface area contributed by atoms with Gasteiger partial charge >= 0.3 is 0 Å². The molecule has 0 aliphatic heterocycles. The minimum atomic E-state index is -3.82. The Kier molecular flexibility index (Phi) is 5.13. The van der Waals surface area contributed by atoms with Gasteiger partial charge in [0.05, 0.1) is 17.0 Å². The predicted molar refractivity (Wildman–Crippen MR) is 83.8 cm³/mol. The van der Waals surface area contributed by atoms with Crippen LogP contribution in [0.3, 0.4) is 0 Å². The highest BCUT2D eigenvalue weighted by atomic mass is 32.2. The second kappa shape index (κ2) is 7.06. The predicted octanol–water partition coefficient (Wildman–Crippen LogP) is 0.647. The third kappa shape index (κ3) is 4.40. The van der Waals surface area contributed by atoms with Crippen molar-refractivity contribution in [3.8, 4) is 0 Å². The highest BCUT2D eigenvalue weighted by Crippen LogP contribution is 2.13. The van der Waals surface area contributed by atoms with Gasteiger partial charge in [0.15, 0.2) is 0 Å². The van der Waals surface area contributed by atoms with Crippen molar-refractivity contribution < 1.29 is 18.3 Å². The molecule has 120 valence electrons. The van der Waals surface area contributed by atoms with E-state index >= 15 is 0 Å². The van der Waals surface area contributed by atoms with Gasteiger partial charge in [0.2, 0.25) is 0 Å². The van der Waals surface area contributed by atoms with Crippen molar-refractivity contribution in [2.24, 2.45) is 9.63 Å². The van der Waals surface area contributed by atoms with Crippen molar-refractivity contribution in [3.05, 3.63) is 64.5 Å². The lowest BCUT2D eigenvalue weighted by atomic mass is 10.2. The van der Waals surface area contributed by atoms with Crippen molar-refractivity contribution in [1.82, 2.24) is 0 Å². The van der Waals surface area contributed by atoms with Gasteiger partial charge < -0.3 is 9.84 Å². The molecule has 2 aromatic rings. The van der Waals surface area contributed by atoms with Crippen LogP contribution in [-0.2, 0) is 14.8 Å². The first-order chi connectivity index (χ1) is 10.9. The molecule has 0 bridgehead atoms. The monoisotopic (exact) mass is 331 g/mol. The molecule has 6 nitrogen and oxygen atoms in total. The van der Waals surface area contributed by atoms with E-state index < -0.39 is 16.0 Å². The van der Waals surface area contributed by atoms with Gasteiger partial charge in [-0.3, -0.25) is 0 Å². The lowest BCUT2D eigenvalue weighted by Crippen LogP contribution is -2.18. The topological polar surface area (TPSA) is 91.2 Å². The highest BCUT2D eigenvalue weighted by molar-refractivity contribution is 7.90. The summed E-state index contributed by atoms with van der Waals surface area (Å²) in [5, 5.41) is 15.9. The van der Waals surface area contributed by atoms with Crippen LogP contribution in [0.4, 0.5) is 0 Å². The van der Waals surface area contributed by atoms with E-state index in [1.54, 1.807) is 36.4 Å². The van der Waals surface area contributed by atoms with Crippen LogP contribution in [0.15, 0.2) is 63.1 Å². The minimum absolute atomic E-state index is 0.0845. The molecule has 0 aromatic heterocycles. The molecule has 0 aliphatic rings. The second-order valence-corrected chi connectivity index (χ2v) is 6.31. The van der Waals surface area contributed by atoms with Gasteiger partial charge in [0.25, 0.3) is 10.0 Å². The smallest absolute Gasteiger partial charge is 0.299 e. The van der Waals surface area contributed by atoms with Crippen LogP contribution in [0.2, 0.25) is 0 Å². The summed E-state index contributed by atoms with van der Waals surface area (Å²) in [7, 11) is -2.52. The van der Waals surface area contributed by atoms with Gasteiger partial charge in [0, 0.05) is 0 Å². The molecule has 0 N–H and O–H groups in total. The fourth-order valence-corrected chi connectivity index (χ4v) is 2.48. The Bertz CT molecular complexity index is 910. The van der Waals surface area contributed by atoms with E-state index in [9.17, 15) is 13.5 Å². The highest BCUT2D eigenvalue weighted by Gasteiger charge is 2.11. The number of aryl methyl sites for hydroxylation is 1. The summed E-state index contributed by atoms with van der Waals surface area (Å²) >= 11 is 0. The Morgan fingerprint density at radius 3 is 2.26 bits per heavy atom. The lowest BCUT2D eigenvalue weighted by Gasteiger charge is -2.07. The van der Waals surface area contributed by atoms with Gasteiger partial charge in [-0.1, -0.05) is 46.5 Å². The van der Waals surface area contributed by atoms with E-state index in [-0.39, 0.29) is 4.90 Å². The first-order valence-electron chi connectivity index (χ1n) is 6.68. The molecular weight excluding hydrogens is 316 g/mol. The van der Waals surface area contributed by atoms with Gasteiger partial charge in [-0.05, 0) is 36.6 Å². The number of methoxy groups -OCH3 is 1. The first kappa shape index (κ1) is 16.7. The van der Waals surface area contributed by atoms with E-state index in [0.717, 1.165) is 5.56 Å². The maximum absolute atomic E-state index is 12.0. The zero-order valence-electron chi connectivity index (χ0n) is 12.6. The quantitative estimate of drug-likeness (QED) is 0.769. The minimum Gasteiger partial charge on any atom is -0.616 e. The largest absolute Gasteiger partial charge is 0.616 e. The third-order valence-electron chi connectivity index (χ3n) is 3.01. The molecule has 7 heteroatoms. The van der Waals surface area contributed by atoms with Crippen LogP contribution in [0.5, 0.6) is 0 Å². The van der Waals surface area contributed by atoms with E-state index in [0.29, 0.717) is 10.4 Å². The van der Waals surface area contributed by atoms with Crippen LogP contribution in [0.25, 0.3) is 12.1 Å². The van der Waals surface area contributed by atoms with E-state index in [2.05, 4.69) is 14.4 Å². The molecule has 0 saturated heterocycles. The average molecular weight is 331 g/mol. The Morgan fingerprint density at radius 2 is 1.70 bits per heavy atom. The second-order valence-electron chi connectivity index (χ2n) is 4.73. The fourth-order valence-electron chi connectivity index (χ4n) is 1.73. The Balaban J connectivity index is 2.25. The zero-order chi connectivity index (χ0) is 16.9. The van der Waals surface area contributed by atoms with Crippen LogP contribution in [0.1, 0.15) is 5.56 Å². The first-order valence-corrected chi connectivity index (χ1v) is 8.12. The standard InChI is InChI=1S/C16H16N2O4S/c1-12-3-9-15(10-4-12)23(20,21)18-17-11-13-5-7-14(8-6-13)16(19)22-2/h3-11,19H,1-2H3/p-1. The maximum Gasteiger partial charge on any atom is 0.299 e. The van der Waals surface area contributed by atoms with Crippen LogP contribution in [0, 0.1) is 6.92 Å². The Morgan fingerprint density at radius 1 is 1.09 bits per heavy atom. The van der Waals surface area contributed by atoms with Crippen molar-refractivity contribution >= 4 is 22.2 Å². The summed E-state index contributed by atoms with van der Waals surface area (Å²) < 4.78 is 31.9. The normalized spacial score (nSPS) is 11.4. The van der Waals surface area contributed by atoms with E-state index in [1.807, 2.05) is 6.92 Å². The van der Waals surface area contributed by atoms with Crippen LogP contribution >= 0.6 is 0 Å². The number of hydrogen-bond donors (Lipinski definition) is 0. The molecule has 0 saturated carbocycles. The molecule has 0 unspecified atom stereocenters. The summed E-state index contributed by atoms with van der Waals surface area (Å²) in [6.07, 6.45) is 1.30. The summed E-state index contributed by atoms with van der Waals surface area (Å²) in [6, 6.07) is 12.7. The molecule has 2 rings (SSSR count). The molecule has 2 aromatic carbocycles. The molecule has 0 radical (unpaired) electrons. The third-order valence-corrected chi connectivity index (χ3v) is 4.19. The summed E-state index contributed by atoms with van der Waals surface area (Å²) in [5.74, 6) is -0.444. The van der Waals surface area contributed by atoms with E-state index in [1.165, 1.54) is 25.4 Å². The Labute approximate surface area is 134 Å². The van der Waals surface area contributed by atoms with Gasteiger partial charge in [-0.15, -0.1) is 5.11 Å². The summed E-state index contributed by atoms with van der Waals surface area (Å²) in [5.41, 5.74) is 0.957. The van der Waals surface area contributed by atoms with Crippen molar-refractivity contribution in [2.45, 2.75) is 11.8 Å². The molecule has 0 heterocycles. The van der Waals surface area contributed by atoms with Crippen molar-refractivity contribution in [2.75, 3.05) is 7.11 Å². The summed E-state index contributed by atoms with van der Waals surface area (Å²) in [4.78, 5) is 0.0845. The van der Waals surface area contributed by atoms with Crippen LogP contribution < -0.4 is 15.5 Å². The van der Waals surface area contributed by atoms with Gasteiger partial charge in [-0.25, -0.2) is 0 Å². The zero-order valence-corrected chi connectivity index (χ0v) is 13.4. The average Bonchev–Trinajstić information content (AvgIpc) is 2.55. The van der Waals surface area contributed by atoms with E-state index in [4.69, 9.17) is 0 Å². The van der Waals surface area contributed by atoms with Gasteiger partial charge in [-0.2, -0.15) is 8.42 Å².